The van der Waals surface area contributed by atoms with E-state index in [0.717, 1.165) is 6.07 Å². The summed E-state index contributed by atoms with van der Waals surface area (Å²) in [5, 5.41) is 12.8. The number of methoxy groups -OCH3 is 1. The highest BCUT2D eigenvalue weighted by Crippen LogP contribution is 2.49. The van der Waals surface area contributed by atoms with Crippen LogP contribution in [-0.2, 0) is 14.4 Å². The molecule has 3 aromatic rings. The van der Waals surface area contributed by atoms with Crippen LogP contribution in [-0.4, -0.2) is 41.4 Å². The van der Waals surface area contributed by atoms with Crippen LogP contribution in [0.4, 0.5) is 4.39 Å². The second-order valence-corrected chi connectivity index (χ2v) is 8.34. The Labute approximate surface area is 205 Å². The van der Waals surface area contributed by atoms with Crippen molar-refractivity contribution in [2.45, 2.75) is 24.3 Å². The number of Topliss-reactive ketones (excluding diaryl/α,β-unsaturated/α-hetero) is 1. The van der Waals surface area contributed by atoms with Crippen LogP contribution >= 0.6 is 0 Å². The SMILES string of the molecule is COc1ccc(C(=O)NC2(C(=O)O)C(=O)Oc3ccccc3C2C(C(C)=O)c2cccc(F)c2)cc1. The lowest BCUT2D eigenvalue weighted by Crippen LogP contribution is -2.67. The van der Waals surface area contributed by atoms with Crippen molar-refractivity contribution in [1.82, 2.24) is 5.32 Å². The lowest BCUT2D eigenvalue weighted by Gasteiger charge is -2.42. The van der Waals surface area contributed by atoms with Gasteiger partial charge in [0, 0.05) is 17.0 Å². The van der Waals surface area contributed by atoms with Gasteiger partial charge in [0.15, 0.2) is 0 Å². The third kappa shape index (κ3) is 4.19. The van der Waals surface area contributed by atoms with Gasteiger partial charge in [0.05, 0.1) is 13.0 Å². The number of benzene rings is 3. The molecule has 4 rings (SSSR count). The van der Waals surface area contributed by atoms with E-state index in [-0.39, 0.29) is 22.4 Å². The average Bonchev–Trinajstić information content (AvgIpc) is 2.85. The van der Waals surface area contributed by atoms with Crippen LogP contribution < -0.4 is 14.8 Å². The average molecular weight is 491 g/mol. The summed E-state index contributed by atoms with van der Waals surface area (Å²) >= 11 is 0. The number of ether oxygens (including phenoxy) is 2. The van der Waals surface area contributed by atoms with E-state index in [0.29, 0.717) is 5.75 Å². The summed E-state index contributed by atoms with van der Waals surface area (Å²) < 4.78 is 24.6. The molecule has 3 aromatic carbocycles. The van der Waals surface area contributed by atoms with E-state index in [9.17, 15) is 28.7 Å². The number of ketones is 1. The van der Waals surface area contributed by atoms with Crippen molar-refractivity contribution >= 4 is 23.6 Å². The smallest absolute Gasteiger partial charge is 0.349 e. The predicted octanol–water partition coefficient (Wildman–Crippen LogP) is 3.46. The van der Waals surface area contributed by atoms with Gasteiger partial charge in [0.25, 0.3) is 5.91 Å². The summed E-state index contributed by atoms with van der Waals surface area (Å²) in [5.41, 5.74) is -2.29. The lowest BCUT2D eigenvalue weighted by molar-refractivity contribution is -0.160. The van der Waals surface area contributed by atoms with E-state index in [2.05, 4.69) is 5.32 Å². The molecule has 0 spiro atoms. The molecule has 8 nitrogen and oxygen atoms in total. The zero-order chi connectivity index (χ0) is 26.0. The van der Waals surface area contributed by atoms with Crippen molar-refractivity contribution in [2.24, 2.45) is 0 Å². The highest BCUT2D eigenvalue weighted by atomic mass is 19.1. The summed E-state index contributed by atoms with van der Waals surface area (Å²) in [6.07, 6.45) is 0. The van der Waals surface area contributed by atoms with Crippen molar-refractivity contribution in [3.63, 3.8) is 0 Å². The quantitative estimate of drug-likeness (QED) is 0.295. The Balaban J connectivity index is 1.93. The molecule has 0 aromatic heterocycles. The maximum atomic E-state index is 14.2. The summed E-state index contributed by atoms with van der Waals surface area (Å²) in [4.78, 5) is 52.5. The Kier molecular flexibility index (Phi) is 6.57. The molecule has 0 bridgehead atoms. The molecule has 0 saturated carbocycles. The molecule has 0 fully saturated rings. The molecule has 2 N–H and O–H groups in total. The maximum absolute atomic E-state index is 14.2. The first kappa shape index (κ1) is 24.6. The molecule has 184 valence electrons. The van der Waals surface area contributed by atoms with Crippen LogP contribution in [0.2, 0.25) is 0 Å². The number of esters is 1. The maximum Gasteiger partial charge on any atom is 0.349 e. The summed E-state index contributed by atoms with van der Waals surface area (Å²) in [5.74, 6) is -7.30. The number of hydrogen-bond donors (Lipinski definition) is 2. The summed E-state index contributed by atoms with van der Waals surface area (Å²) in [6, 6.07) is 17.1. The molecule has 1 amide bonds. The van der Waals surface area contributed by atoms with Crippen molar-refractivity contribution < 1.29 is 38.1 Å². The van der Waals surface area contributed by atoms with Crippen LogP contribution in [0.15, 0.2) is 72.8 Å². The standard InChI is InChI=1S/C27H22FNO7/c1-15(30)22(17-6-5-7-18(28)14-17)23-20-8-3-4-9-21(20)36-26(34)27(23,25(32)33)29-24(31)16-10-12-19(35-2)13-11-16/h3-14,22-23H,1-2H3,(H,29,31)(H,32,33). The van der Waals surface area contributed by atoms with E-state index in [1.165, 1.54) is 68.6 Å². The molecule has 0 aliphatic carbocycles. The van der Waals surface area contributed by atoms with Crippen molar-refractivity contribution in [2.75, 3.05) is 7.11 Å². The number of para-hydroxylation sites is 1. The summed E-state index contributed by atoms with van der Waals surface area (Å²) in [7, 11) is 1.45. The van der Waals surface area contributed by atoms with E-state index in [1.54, 1.807) is 12.1 Å². The molecule has 3 unspecified atom stereocenters. The van der Waals surface area contributed by atoms with Gasteiger partial charge < -0.3 is 19.9 Å². The second-order valence-electron chi connectivity index (χ2n) is 8.34. The zero-order valence-corrected chi connectivity index (χ0v) is 19.4. The first-order valence-electron chi connectivity index (χ1n) is 11.0. The Morgan fingerprint density at radius 3 is 2.36 bits per heavy atom. The molecule has 1 aliphatic heterocycles. The molecule has 36 heavy (non-hydrogen) atoms. The molecule has 0 saturated heterocycles. The van der Waals surface area contributed by atoms with Crippen molar-refractivity contribution in [1.29, 1.82) is 0 Å². The van der Waals surface area contributed by atoms with Gasteiger partial charge in [-0.05, 0) is 55.0 Å². The third-order valence-corrected chi connectivity index (χ3v) is 6.22. The molecular formula is C27H22FNO7. The number of carboxylic acid groups (broad SMARTS) is 1. The van der Waals surface area contributed by atoms with Crippen molar-refractivity contribution in [3.05, 3.63) is 95.3 Å². The minimum absolute atomic E-state index is 0.0470. The normalized spacial score (nSPS) is 19.4. The highest BCUT2D eigenvalue weighted by Gasteiger charge is 2.62. The number of halogens is 1. The first-order valence-corrected chi connectivity index (χ1v) is 11.0. The second kappa shape index (κ2) is 9.61. The molecule has 1 aliphatic rings. The largest absolute Gasteiger partial charge is 0.497 e. The topological polar surface area (TPSA) is 119 Å². The predicted molar refractivity (Wildman–Crippen MR) is 125 cm³/mol. The molecule has 1 heterocycles. The van der Waals surface area contributed by atoms with Gasteiger partial charge in [-0.1, -0.05) is 30.3 Å². The van der Waals surface area contributed by atoms with E-state index in [4.69, 9.17) is 9.47 Å². The van der Waals surface area contributed by atoms with E-state index >= 15 is 0 Å². The van der Waals surface area contributed by atoms with Gasteiger partial charge in [-0.3, -0.25) is 9.59 Å². The monoisotopic (exact) mass is 491 g/mol. The first-order chi connectivity index (χ1) is 17.2. The third-order valence-electron chi connectivity index (χ3n) is 6.22. The number of amides is 1. The van der Waals surface area contributed by atoms with Gasteiger partial charge in [-0.2, -0.15) is 0 Å². The number of carbonyl (C=O) groups is 4. The Hall–Kier alpha value is -4.53. The van der Waals surface area contributed by atoms with Crippen molar-refractivity contribution in [3.8, 4) is 11.5 Å². The Morgan fingerprint density at radius 2 is 1.75 bits per heavy atom. The minimum Gasteiger partial charge on any atom is -0.497 e. The van der Waals surface area contributed by atoms with Gasteiger partial charge in [0.1, 0.15) is 23.1 Å². The summed E-state index contributed by atoms with van der Waals surface area (Å²) in [6.45, 7) is 1.22. The fourth-order valence-electron chi connectivity index (χ4n) is 4.56. The number of carboxylic acids is 1. The minimum atomic E-state index is -2.70. The number of aliphatic carboxylic acids is 1. The van der Waals surface area contributed by atoms with Gasteiger partial charge >= 0.3 is 11.9 Å². The van der Waals surface area contributed by atoms with Gasteiger partial charge in [-0.15, -0.1) is 0 Å². The van der Waals surface area contributed by atoms with Crippen LogP contribution in [0.25, 0.3) is 0 Å². The van der Waals surface area contributed by atoms with Gasteiger partial charge in [-0.25, -0.2) is 14.0 Å². The van der Waals surface area contributed by atoms with Crippen LogP contribution in [0, 0.1) is 5.82 Å². The zero-order valence-electron chi connectivity index (χ0n) is 19.4. The highest BCUT2D eigenvalue weighted by molar-refractivity contribution is 6.13. The van der Waals surface area contributed by atoms with E-state index in [1.807, 2.05) is 0 Å². The fourth-order valence-corrected chi connectivity index (χ4v) is 4.56. The number of rotatable bonds is 7. The van der Waals surface area contributed by atoms with Crippen LogP contribution in [0.5, 0.6) is 11.5 Å². The number of hydrogen-bond acceptors (Lipinski definition) is 6. The fraction of sp³-hybridized carbons (Fsp3) is 0.185. The lowest BCUT2D eigenvalue weighted by atomic mass is 9.66. The van der Waals surface area contributed by atoms with E-state index < -0.39 is 46.8 Å². The van der Waals surface area contributed by atoms with Gasteiger partial charge in [0.2, 0.25) is 5.54 Å². The molecular weight excluding hydrogens is 469 g/mol. The number of carbonyl (C=O) groups excluding carboxylic acids is 3. The molecule has 9 heteroatoms. The molecule has 0 radical (unpaired) electrons. The Bertz CT molecular complexity index is 1350. The van der Waals surface area contributed by atoms with Crippen LogP contribution in [0.3, 0.4) is 0 Å². The Morgan fingerprint density at radius 1 is 1.06 bits per heavy atom. The van der Waals surface area contributed by atoms with Crippen LogP contribution in [0.1, 0.15) is 40.2 Å². The number of nitrogens with one attached hydrogen (secondary N) is 1. The molecule has 3 atom stereocenters. The number of fused-ring (bicyclic) bond motifs is 1.